The summed E-state index contributed by atoms with van der Waals surface area (Å²) in [6, 6.07) is 13.8. The number of carbonyl (C=O) groups is 1. The van der Waals surface area contributed by atoms with Crippen molar-refractivity contribution in [3.63, 3.8) is 0 Å². The maximum absolute atomic E-state index is 13.0. The molecular weight excluding hydrogens is 378 g/mol. The second-order valence-corrected chi connectivity index (χ2v) is 8.42. The first-order valence-corrected chi connectivity index (χ1v) is 10.6. The molecule has 0 radical (unpaired) electrons. The molecule has 2 aliphatic heterocycles. The van der Waals surface area contributed by atoms with Gasteiger partial charge in [0.1, 0.15) is 5.60 Å². The smallest absolute Gasteiger partial charge is 0.254 e. The van der Waals surface area contributed by atoms with Gasteiger partial charge in [-0.15, -0.1) is 0 Å². The van der Waals surface area contributed by atoms with E-state index in [4.69, 9.17) is 9.47 Å². The number of fused-ring (bicyclic) bond motifs is 1. The van der Waals surface area contributed by atoms with Crippen LogP contribution in [0.15, 0.2) is 54.9 Å². The fourth-order valence-electron chi connectivity index (χ4n) is 4.77. The van der Waals surface area contributed by atoms with Gasteiger partial charge in [-0.05, 0) is 55.2 Å². The van der Waals surface area contributed by atoms with Crippen molar-refractivity contribution in [1.29, 1.82) is 0 Å². The number of nitrogens with zero attached hydrogens (tertiary/aromatic N) is 3. The van der Waals surface area contributed by atoms with Gasteiger partial charge in [0.15, 0.2) is 0 Å². The topological polar surface area (TPSA) is 56.6 Å². The fraction of sp³-hybridized carbons (Fsp3) is 0.417. The lowest BCUT2D eigenvalue weighted by atomic mass is 9.79. The summed E-state index contributed by atoms with van der Waals surface area (Å²) in [6.45, 7) is 3.33. The van der Waals surface area contributed by atoms with Crippen molar-refractivity contribution in [2.75, 3.05) is 26.3 Å². The predicted octanol–water partition coefficient (Wildman–Crippen LogP) is 3.41. The van der Waals surface area contributed by atoms with E-state index in [-0.39, 0.29) is 11.5 Å². The van der Waals surface area contributed by atoms with Gasteiger partial charge in [-0.25, -0.2) is 0 Å². The third-order valence-electron chi connectivity index (χ3n) is 6.52. The number of benzene rings is 1. The largest absolute Gasteiger partial charge is 0.375 e. The van der Waals surface area contributed by atoms with E-state index in [2.05, 4.69) is 9.55 Å². The monoisotopic (exact) mass is 405 g/mol. The highest BCUT2D eigenvalue weighted by Crippen LogP contribution is 2.42. The molecule has 6 nitrogen and oxygen atoms in total. The van der Waals surface area contributed by atoms with E-state index >= 15 is 0 Å². The van der Waals surface area contributed by atoms with Gasteiger partial charge in [0, 0.05) is 49.1 Å². The molecule has 6 heteroatoms. The predicted molar refractivity (Wildman–Crippen MR) is 114 cm³/mol. The molecule has 2 saturated heterocycles. The van der Waals surface area contributed by atoms with Gasteiger partial charge in [0.05, 0.1) is 25.4 Å². The summed E-state index contributed by atoms with van der Waals surface area (Å²) in [5.41, 5.74) is 2.64. The van der Waals surface area contributed by atoms with Crippen molar-refractivity contribution in [2.24, 2.45) is 13.0 Å². The number of aryl methyl sites for hydroxylation is 1. The van der Waals surface area contributed by atoms with Crippen molar-refractivity contribution >= 4 is 16.8 Å². The fourth-order valence-corrected chi connectivity index (χ4v) is 4.77. The van der Waals surface area contributed by atoms with Gasteiger partial charge in [-0.2, -0.15) is 0 Å². The molecule has 0 aliphatic carbocycles. The zero-order valence-electron chi connectivity index (χ0n) is 17.3. The zero-order valence-corrected chi connectivity index (χ0v) is 17.3. The summed E-state index contributed by atoms with van der Waals surface area (Å²) < 4.78 is 14.0. The van der Waals surface area contributed by atoms with Crippen LogP contribution in [0.25, 0.3) is 10.9 Å². The molecule has 3 aromatic rings. The molecule has 1 amide bonds. The van der Waals surface area contributed by atoms with E-state index in [1.807, 2.05) is 60.6 Å². The van der Waals surface area contributed by atoms with E-state index in [0.717, 1.165) is 41.6 Å². The van der Waals surface area contributed by atoms with Gasteiger partial charge >= 0.3 is 0 Å². The van der Waals surface area contributed by atoms with Gasteiger partial charge < -0.3 is 18.9 Å². The van der Waals surface area contributed by atoms with Crippen LogP contribution in [0.4, 0.5) is 0 Å². The molecule has 1 atom stereocenters. The summed E-state index contributed by atoms with van der Waals surface area (Å²) in [4.78, 5) is 19.2. The molecule has 30 heavy (non-hydrogen) atoms. The standard InChI is InChI=1S/C24H27N3O3/c1-26-11-7-18-14-19(5-6-22(18)26)23(28)27-16-24(17-27)20(9-13-30-24)8-12-29-15-21-4-2-3-10-25-21/h2-7,10-11,14,20H,8-9,12-13,15-17H2,1H3/t20-/m0/s1. The Morgan fingerprint density at radius 1 is 1.27 bits per heavy atom. The van der Waals surface area contributed by atoms with Crippen molar-refractivity contribution in [3.8, 4) is 0 Å². The molecule has 0 bridgehead atoms. The maximum atomic E-state index is 13.0. The van der Waals surface area contributed by atoms with E-state index in [0.29, 0.717) is 32.2 Å². The first-order chi connectivity index (χ1) is 14.6. The molecule has 2 fully saturated rings. The maximum Gasteiger partial charge on any atom is 0.254 e. The molecule has 5 rings (SSSR count). The van der Waals surface area contributed by atoms with Crippen molar-refractivity contribution in [2.45, 2.75) is 25.0 Å². The second-order valence-electron chi connectivity index (χ2n) is 8.42. The molecule has 2 aromatic heterocycles. The third-order valence-corrected chi connectivity index (χ3v) is 6.52. The summed E-state index contributed by atoms with van der Waals surface area (Å²) in [6.07, 6.45) is 5.79. The molecule has 4 heterocycles. The number of ether oxygens (including phenoxy) is 2. The van der Waals surface area contributed by atoms with Crippen LogP contribution in [0.2, 0.25) is 0 Å². The van der Waals surface area contributed by atoms with Crippen molar-refractivity contribution < 1.29 is 14.3 Å². The molecule has 0 N–H and O–H groups in total. The Kier molecular flexibility index (Phi) is 5.05. The van der Waals surface area contributed by atoms with E-state index < -0.39 is 0 Å². The highest BCUT2D eigenvalue weighted by atomic mass is 16.5. The Morgan fingerprint density at radius 2 is 2.17 bits per heavy atom. The highest BCUT2D eigenvalue weighted by molar-refractivity contribution is 5.98. The molecule has 0 unspecified atom stereocenters. The minimum absolute atomic E-state index is 0.0898. The molecule has 0 saturated carbocycles. The Labute approximate surface area is 176 Å². The summed E-state index contributed by atoms with van der Waals surface area (Å²) in [5, 5.41) is 1.10. The first-order valence-electron chi connectivity index (χ1n) is 10.6. The Balaban J connectivity index is 1.16. The summed E-state index contributed by atoms with van der Waals surface area (Å²) in [5.74, 6) is 0.522. The highest BCUT2D eigenvalue weighted by Gasteiger charge is 2.54. The van der Waals surface area contributed by atoms with Crippen molar-refractivity contribution in [1.82, 2.24) is 14.5 Å². The summed E-state index contributed by atoms with van der Waals surface area (Å²) >= 11 is 0. The van der Waals surface area contributed by atoms with Gasteiger partial charge in [0.2, 0.25) is 0 Å². The molecule has 1 aromatic carbocycles. The number of rotatable bonds is 6. The third kappa shape index (κ3) is 3.50. The van der Waals surface area contributed by atoms with Crippen LogP contribution in [0.1, 0.15) is 28.9 Å². The summed E-state index contributed by atoms with van der Waals surface area (Å²) in [7, 11) is 2.01. The lowest BCUT2D eigenvalue weighted by molar-refractivity contribution is -0.120. The Hall–Kier alpha value is -2.70. The second kappa shape index (κ2) is 7.85. The van der Waals surface area contributed by atoms with Gasteiger partial charge in [-0.3, -0.25) is 9.78 Å². The molecule has 1 spiro atoms. The minimum atomic E-state index is -0.194. The van der Waals surface area contributed by atoms with Crippen LogP contribution < -0.4 is 0 Å². The number of aromatic nitrogens is 2. The number of hydrogen-bond donors (Lipinski definition) is 0. The lowest BCUT2D eigenvalue weighted by Crippen LogP contribution is -2.66. The number of hydrogen-bond acceptors (Lipinski definition) is 4. The average Bonchev–Trinajstić information content (AvgIpc) is 3.34. The van der Waals surface area contributed by atoms with Crippen LogP contribution in [0.3, 0.4) is 0 Å². The molecular formula is C24H27N3O3. The van der Waals surface area contributed by atoms with Crippen LogP contribution >= 0.6 is 0 Å². The van der Waals surface area contributed by atoms with E-state index in [1.54, 1.807) is 6.20 Å². The Bertz CT molecular complexity index is 1040. The quantitative estimate of drug-likeness (QED) is 0.590. The van der Waals surface area contributed by atoms with Crippen molar-refractivity contribution in [3.05, 3.63) is 66.1 Å². The number of amides is 1. The number of pyridine rings is 1. The van der Waals surface area contributed by atoms with Crippen LogP contribution in [0.5, 0.6) is 0 Å². The van der Waals surface area contributed by atoms with E-state index in [9.17, 15) is 4.79 Å². The normalized spacial score (nSPS) is 20.0. The van der Waals surface area contributed by atoms with Gasteiger partial charge in [-0.1, -0.05) is 6.07 Å². The van der Waals surface area contributed by atoms with Crippen LogP contribution in [-0.2, 0) is 23.1 Å². The average molecular weight is 405 g/mol. The molecule has 2 aliphatic rings. The van der Waals surface area contributed by atoms with Gasteiger partial charge in [0.25, 0.3) is 5.91 Å². The zero-order chi connectivity index (χ0) is 20.6. The minimum Gasteiger partial charge on any atom is -0.375 e. The molecule has 156 valence electrons. The number of likely N-dealkylation sites (tertiary alicyclic amines) is 1. The number of carbonyl (C=O) groups excluding carboxylic acids is 1. The van der Waals surface area contributed by atoms with E-state index in [1.165, 1.54) is 0 Å². The first kappa shape index (κ1) is 19.3. The lowest BCUT2D eigenvalue weighted by Gasteiger charge is -2.50. The Morgan fingerprint density at radius 3 is 3.00 bits per heavy atom. The van der Waals surface area contributed by atoms with Crippen LogP contribution in [-0.4, -0.2) is 52.3 Å². The SMILES string of the molecule is Cn1ccc2cc(C(=O)N3CC4(C3)OCC[C@@H]4CCOCc3ccccn3)ccc21. The van der Waals surface area contributed by atoms with Crippen LogP contribution in [0, 0.1) is 5.92 Å².